The second-order valence-corrected chi connectivity index (χ2v) is 6.47. The van der Waals surface area contributed by atoms with E-state index in [0.29, 0.717) is 17.0 Å². The first-order valence-electron chi connectivity index (χ1n) is 9.24. The molecule has 0 aromatic heterocycles. The molecule has 0 fully saturated rings. The summed E-state index contributed by atoms with van der Waals surface area (Å²) in [5.74, 6) is 0.379. The number of halogens is 3. The SMILES string of the molecule is COc1ccccc1/C=C/CN(C(=O)c1ccccc1)c1ccc(C(F)(F)F)cc1. The third-order valence-electron chi connectivity index (χ3n) is 4.50. The maximum Gasteiger partial charge on any atom is 0.416 e. The molecule has 0 unspecified atom stereocenters. The van der Waals surface area contributed by atoms with E-state index in [4.69, 9.17) is 4.74 Å². The van der Waals surface area contributed by atoms with Crippen LogP contribution < -0.4 is 9.64 Å². The minimum absolute atomic E-state index is 0.178. The third-order valence-corrected chi connectivity index (χ3v) is 4.50. The number of carbonyl (C=O) groups is 1. The Bertz CT molecular complexity index is 1010. The summed E-state index contributed by atoms with van der Waals surface area (Å²) in [6.45, 7) is 0.178. The monoisotopic (exact) mass is 411 g/mol. The normalized spacial score (nSPS) is 11.5. The number of hydrogen-bond donors (Lipinski definition) is 0. The summed E-state index contributed by atoms with van der Waals surface area (Å²) >= 11 is 0. The number of amides is 1. The molecule has 0 saturated heterocycles. The molecule has 0 spiro atoms. The van der Waals surface area contributed by atoms with Gasteiger partial charge in [-0.2, -0.15) is 13.2 Å². The van der Waals surface area contributed by atoms with Crippen LogP contribution in [-0.2, 0) is 6.18 Å². The quantitative estimate of drug-likeness (QED) is 0.492. The third kappa shape index (κ3) is 5.08. The summed E-state index contributed by atoms with van der Waals surface area (Å²) in [6.07, 6.45) is -0.846. The molecule has 0 bridgehead atoms. The van der Waals surface area contributed by atoms with E-state index in [1.807, 2.05) is 30.3 Å². The summed E-state index contributed by atoms with van der Waals surface area (Å²) in [5, 5.41) is 0. The Morgan fingerprint density at radius 1 is 0.933 bits per heavy atom. The van der Waals surface area contributed by atoms with Crippen molar-refractivity contribution in [2.24, 2.45) is 0 Å². The van der Waals surface area contributed by atoms with Gasteiger partial charge in [0.1, 0.15) is 5.75 Å². The molecule has 0 aliphatic rings. The molecule has 0 radical (unpaired) electrons. The molecule has 3 aromatic carbocycles. The molecular formula is C24H20F3NO2. The van der Waals surface area contributed by atoms with Gasteiger partial charge in [0.2, 0.25) is 0 Å². The molecule has 154 valence electrons. The Morgan fingerprint density at radius 3 is 2.20 bits per heavy atom. The Morgan fingerprint density at radius 2 is 1.57 bits per heavy atom. The average Bonchev–Trinajstić information content (AvgIpc) is 2.77. The van der Waals surface area contributed by atoms with Crippen LogP contribution in [0.25, 0.3) is 6.08 Å². The van der Waals surface area contributed by atoms with E-state index in [2.05, 4.69) is 0 Å². The van der Waals surface area contributed by atoms with Crippen LogP contribution in [0.5, 0.6) is 5.75 Å². The zero-order valence-corrected chi connectivity index (χ0v) is 16.3. The number of alkyl halides is 3. The van der Waals surface area contributed by atoms with Gasteiger partial charge in [-0.05, 0) is 42.5 Å². The number of ether oxygens (including phenoxy) is 1. The predicted octanol–water partition coefficient (Wildman–Crippen LogP) is 6.07. The molecule has 1 amide bonds. The second-order valence-electron chi connectivity index (χ2n) is 6.47. The van der Waals surface area contributed by atoms with Crippen molar-refractivity contribution in [3.05, 3.63) is 102 Å². The van der Waals surface area contributed by atoms with Crippen molar-refractivity contribution in [1.82, 2.24) is 0 Å². The van der Waals surface area contributed by atoms with Crippen molar-refractivity contribution >= 4 is 17.7 Å². The number of rotatable bonds is 6. The lowest BCUT2D eigenvalue weighted by molar-refractivity contribution is -0.137. The lowest BCUT2D eigenvalue weighted by Crippen LogP contribution is -2.31. The highest BCUT2D eigenvalue weighted by Gasteiger charge is 2.30. The molecule has 0 aliphatic heterocycles. The summed E-state index contributed by atoms with van der Waals surface area (Å²) in [6, 6.07) is 20.6. The molecule has 3 nitrogen and oxygen atoms in total. The van der Waals surface area contributed by atoms with Crippen LogP contribution in [-0.4, -0.2) is 19.6 Å². The van der Waals surface area contributed by atoms with Gasteiger partial charge in [-0.3, -0.25) is 4.79 Å². The maximum absolute atomic E-state index is 13.0. The van der Waals surface area contributed by atoms with E-state index in [9.17, 15) is 18.0 Å². The van der Waals surface area contributed by atoms with Crippen molar-refractivity contribution in [2.75, 3.05) is 18.6 Å². The first-order valence-corrected chi connectivity index (χ1v) is 9.24. The summed E-state index contributed by atoms with van der Waals surface area (Å²) in [7, 11) is 1.57. The van der Waals surface area contributed by atoms with Crippen LogP contribution in [0, 0.1) is 0 Å². The van der Waals surface area contributed by atoms with Gasteiger partial charge in [0.15, 0.2) is 0 Å². The van der Waals surface area contributed by atoms with Crippen LogP contribution >= 0.6 is 0 Å². The van der Waals surface area contributed by atoms with Gasteiger partial charge in [0, 0.05) is 23.4 Å². The minimum atomic E-state index is -4.43. The van der Waals surface area contributed by atoms with E-state index in [0.717, 1.165) is 17.7 Å². The first-order chi connectivity index (χ1) is 14.4. The van der Waals surface area contributed by atoms with E-state index >= 15 is 0 Å². The molecular weight excluding hydrogens is 391 g/mol. The van der Waals surface area contributed by atoms with Gasteiger partial charge in [0.05, 0.1) is 12.7 Å². The number of para-hydroxylation sites is 1. The highest BCUT2D eigenvalue weighted by atomic mass is 19.4. The van der Waals surface area contributed by atoms with Gasteiger partial charge in [0.25, 0.3) is 5.91 Å². The van der Waals surface area contributed by atoms with Crippen LogP contribution in [0.15, 0.2) is 84.9 Å². The number of anilines is 1. The Hall–Kier alpha value is -3.54. The number of nitrogens with zero attached hydrogens (tertiary/aromatic N) is 1. The zero-order chi connectivity index (χ0) is 21.6. The lowest BCUT2D eigenvalue weighted by Gasteiger charge is -2.22. The number of benzene rings is 3. The average molecular weight is 411 g/mol. The fourth-order valence-electron chi connectivity index (χ4n) is 2.96. The topological polar surface area (TPSA) is 29.5 Å². The lowest BCUT2D eigenvalue weighted by atomic mass is 10.1. The van der Waals surface area contributed by atoms with Gasteiger partial charge in [-0.1, -0.05) is 48.6 Å². The molecule has 3 aromatic rings. The van der Waals surface area contributed by atoms with Crippen molar-refractivity contribution < 1.29 is 22.7 Å². The number of methoxy groups -OCH3 is 1. The fourth-order valence-corrected chi connectivity index (χ4v) is 2.96. The molecule has 0 aliphatic carbocycles. The molecule has 0 heterocycles. The number of hydrogen-bond acceptors (Lipinski definition) is 2. The highest BCUT2D eigenvalue weighted by Crippen LogP contribution is 2.31. The summed E-state index contributed by atoms with van der Waals surface area (Å²) < 4.78 is 44.0. The largest absolute Gasteiger partial charge is 0.496 e. The Balaban J connectivity index is 1.90. The van der Waals surface area contributed by atoms with E-state index in [1.165, 1.54) is 17.0 Å². The van der Waals surface area contributed by atoms with Gasteiger partial charge >= 0.3 is 6.18 Å². The summed E-state index contributed by atoms with van der Waals surface area (Å²) in [4.78, 5) is 14.5. The van der Waals surface area contributed by atoms with Gasteiger partial charge in [-0.25, -0.2) is 0 Å². The number of carbonyl (C=O) groups excluding carboxylic acids is 1. The van der Waals surface area contributed by atoms with Crippen LogP contribution in [0.3, 0.4) is 0 Å². The Kier molecular flexibility index (Phi) is 6.57. The first kappa shape index (κ1) is 21.2. The van der Waals surface area contributed by atoms with Gasteiger partial charge in [-0.15, -0.1) is 0 Å². The molecule has 6 heteroatoms. The Labute approximate surface area is 173 Å². The smallest absolute Gasteiger partial charge is 0.416 e. The molecule has 0 N–H and O–H groups in total. The second kappa shape index (κ2) is 9.31. The molecule has 30 heavy (non-hydrogen) atoms. The van der Waals surface area contributed by atoms with E-state index in [1.54, 1.807) is 43.5 Å². The predicted molar refractivity (Wildman–Crippen MR) is 112 cm³/mol. The molecule has 0 atom stereocenters. The van der Waals surface area contributed by atoms with Crippen LogP contribution in [0.1, 0.15) is 21.5 Å². The maximum atomic E-state index is 13.0. The highest BCUT2D eigenvalue weighted by molar-refractivity contribution is 6.06. The van der Waals surface area contributed by atoms with Crippen molar-refractivity contribution in [3.8, 4) is 5.75 Å². The van der Waals surface area contributed by atoms with Crippen molar-refractivity contribution in [2.45, 2.75) is 6.18 Å². The van der Waals surface area contributed by atoms with Crippen LogP contribution in [0.2, 0.25) is 0 Å². The van der Waals surface area contributed by atoms with Crippen molar-refractivity contribution in [1.29, 1.82) is 0 Å². The fraction of sp³-hybridized carbons (Fsp3) is 0.125. The minimum Gasteiger partial charge on any atom is -0.496 e. The van der Waals surface area contributed by atoms with Gasteiger partial charge < -0.3 is 9.64 Å². The van der Waals surface area contributed by atoms with E-state index in [-0.39, 0.29) is 12.5 Å². The van der Waals surface area contributed by atoms with E-state index < -0.39 is 11.7 Å². The molecule has 3 rings (SSSR count). The molecule has 0 saturated carbocycles. The standard InChI is InChI=1S/C24H20F3NO2/c1-30-22-12-6-5-8-18(22)11-7-17-28(23(29)19-9-3-2-4-10-19)21-15-13-20(14-16-21)24(25,26)27/h2-16H,17H2,1H3/b11-7+. The van der Waals surface area contributed by atoms with Crippen LogP contribution in [0.4, 0.5) is 18.9 Å². The zero-order valence-electron chi connectivity index (χ0n) is 16.3. The van der Waals surface area contributed by atoms with Crippen molar-refractivity contribution in [3.63, 3.8) is 0 Å². The summed E-state index contributed by atoms with van der Waals surface area (Å²) in [5.41, 5.74) is 0.895.